The second kappa shape index (κ2) is 7.90. The number of amides is 2. The summed E-state index contributed by atoms with van der Waals surface area (Å²) in [4.78, 5) is 12.6. The zero-order chi connectivity index (χ0) is 10.1. The van der Waals surface area contributed by atoms with Crippen molar-refractivity contribution in [1.29, 1.82) is 0 Å². The zero-order valence-corrected chi connectivity index (χ0v) is 8.59. The van der Waals surface area contributed by atoms with E-state index >= 15 is 0 Å². The van der Waals surface area contributed by atoms with Crippen LogP contribution in [0.1, 0.15) is 39.0 Å². The predicted octanol–water partition coefficient (Wildman–Crippen LogP) is 2.17. The van der Waals surface area contributed by atoms with Gasteiger partial charge in [-0.25, -0.2) is 4.79 Å². The minimum absolute atomic E-state index is 0.295. The Hall–Kier alpha value is -0.730. The van der Waals surface area contributed by atoms with Crippen LogP contribution >= 0.6 is 0 Å². The van der Waals surface area contributed by atoms with Crippen molar-refractivity contribution in [3.8, 4) is 0 Å². The molecule has 0 aromatic heterocycles. The van der Waals surface area contributed by atoms with Gasteiger partial charge in [0.05, 0.1) is 0 Å². The van der Waals surface area contributed by atoms with Crippen molar-refractivity contribution in [2.45, 2.75) is 39.0 Å². The molecule has 0 heterocycles. The summed E-state index contributed by atoms with van der Waals surface area (Å²) in [6.07, 6.45) is 5.26. The first kappa shape index (κ1) is 12.3. The Balaban J connectivity index is 3.51. The molecule has 0 aliphatic heterocycles. The molecule has 2 amide bonds. The second-order valence-corrected chi connectivity index (χ2v) is 3.24. The van der Waals surface area contributed by atoms with Crippen LogP contribution in [-0.4, -0.2) is 24.0 Å². The van der Waals surface area contributed by atoms with E-state index in [1.54, 1.807) is 4.90 Å². The van der Waals surface area contributed by atoms with Crippen molar-refractivity contribution in [2.24, 2.45) is 5.73 Å². The number of urea groups is 1. The summed E-state index contributed by atoms with van der Waals surface area (Å²) in [5, 5.41) is 0. The fourth-order valence-electron chi connectivity index (χ4n) is 1.26. The van der Waals surface area contributed by atoms with Crippen molar-refractivity contribution >= 4 is 6.03 Å². The van der Waals surface area contributed by atoms with E-state index in [9.17, 15) is 4.79 Å². The molecule has 0 aliphatic carbocycles. The zero-order valence-electron chi connectivity index (χ0n) is 8.59. The van der Waals surface area contributed by atoms with Gasteiger partial charge in [-0.1, -0.05) is 33.1 Å². The molecule has 1 radical (unpaired) electrons. The average molecular weight is 185 g/mol. The van der Waals surface area contributed by atoms with E-state index in [-0.39, 0.29) is 6.03 Å². The van der Waals surface area contributed by atoms with Gasteiger partial charge in [-0.05, 0) is 12.8 Å². The van der Waals surface area contributed by atoms with E-state index in [2.05, 4.69) is 6.92 Å². The van der Waals surface area contributed by atoms with Gasteiger partial charge in [0.2, 0.25) is 0 Å². The number of unbranched alkanes of at least 4 members (excludes halogenated alkanes) is 3. The van der Waals surface area contributed by atoms with E-state index < -0.39 is 0 Å². The molecular formula is C10H21N2O. The van der Waals surface area contributed by atoms with Crippen LogP contribution in [0.3, 0.4) is 0 Å². The van der Waals surface area contributed by atoms with E-state index in [0.717, 1.165) is 45.2 Å². The summed E-state index contributed by atoms with van der Waals surface area (Å²) in [5.41, 5.74) is 5.21. The lowest BCUT2D eigenvalue weighted by atomic mass is 10.2. The first-order chi connectivity index (χ1) is 6.22. The summed E-state index contributed by atoms with van der Waals surface area (Å²) >= 11 is 0. The highest BCUT2D eigenvalue weighted by molar-refractivity contribution is 5.71. The fraction of sp³-hybridized carbons (Fsp3) is 0.800. The molecule has 13 heavy (non-hydrogen) atoms. The number of rotatable bonds is 7. The predicted molar refractivity (Wildman–Crippen MR) is 55.3 cm³/mol. The average Bonchev–Trinajstić information content (AvgIpc) is 2.10. The molecule has 2 N–H and O–H groups in total. The van der Waals surface area contributed by atoms with E-state index in [1.165, 1.54) is 0 Å². The molecule has 0 fully saturated rings. The van der Waals surface area contributed by atoms with Crippen molar-refractivity contribution < 1.29 is 4.79 Å². The maximum Gasteiger partial charge on any atom is 0.314 e. The van der Waals surface area contributed by atoms with Crippen LogP contribution in [0.15, 0.2) is 0 Å². The van der Waals surface area contributed by atoms with Crippen molar-refractivity contribution in [3.05, 3.63) is 6.92 Å². The van der Waals surface area contributed by atoms with Crippen LogP contribution in [0.5, 0.6) is 0 Å². The highest BCUT2D eigenvalue weighted by Gasteiger charge is 2.06. The van der Waals surface area contributed by atoms with Gasteiger partial charge < -0.3 is 10.6 Å². The number of nitrogens with two attached hydrogens (primary N) is 1. The highest BCUT2D eigenvalue weighted by atomic mass is 16.2. The number of carbonyl (C=O) groups excluding carboxylic acids is 1. The lowest BCUT2D eigenvalue weighted by molar-refractivity contribution is 0.206. The number of carbonyl (C=O) groups is 1. The monoisotopic (exact) mass is 185 g/mol. The van der Waals surface area contributed by atoms with Crippen LogP contribution < -0.4 is 5.73 Å². The summed E-state index contributed by atoms with van der Waals surface area (Å²) in [6.45, 7) is 7.39. The Kier molecular flexibility index (Phi) is 7.45. The quantitative estimate of drug-likeness (QED) is 0.607. The molecule has 0 aliphatic rings. The van der Waals surface area contributed by atoms with E-state index in [4.69, 9.17) is 5.73 Å². The standard InChI is InChI=1S/C10H21N2O/c1-3-5-6-7-9-12(8-4-2)10(11)13/h1,3-9H2,2H3,(H2,11,13). The summed E-state index contributed by atoms with van der Waals surface area (Å²) in [7, 11) is 0. The van der Waals surface area contributed by atoms with Crippen molar-refractivity contribution in [1.82, 2.24) is 4.90 Å². The molecule has 3 heteroatoms. The maximum absolute atomic E-state index is 10.9. The van der Waals surface area contributed by atoms with Gasteiger partial charge in [0.15, 0.2) is 0 Å². The Morgan fingerprint density at radius 3 is 2.46 bits per heavy atom. The molecule has 0 bridgehead atoms. The first-order valence-corrected chi connectivity index (χ1v) is 5.06. The summed E-state index contributed by atoms with van der Waals surface area (Å²) < 4.78 is 0. The minimum Gasteiger partial charge on any atom is -0.351 e. The van der Waals surface area contributed by atoms with Crippen molar-refractivity contribution in [3.63, 3.8) is 0 Å². The first-order valence-electron chi connectivity index (χ1n) is 5.06. The summed E-state index contributed by atoms with van der Waals surface area (Å²) in [6, 6.07) is -0.295. The molecule has 0 saturated heterocycles. The number of primary amides is 1. The van der Waals surface area contributed by atoms with Gasteiger partial charge in [0, 0.05) is 13.1 Å². The number of nitrogens with zero attached hydrogens (tertiary/aromatic N) is 1. The van der Waals surface area contributed by atoms with Gasteiger partial charge in [0.25, 0.3) is 0 Å². The van der Waals surface area contributed by atoms with Crippen LogP contribution in [0, 0.1) is 6.92 Å². The van der Waals surface area contributed by atoms with Gasteiger partial charge in [-0.15, -0.1) is 0 Å². The third-order valence-electron chi connectivity index (χ3n) is 1.98. The maximum atomic E-state index is 10.9. The highest BCUT2D eigenvalue weighted by Crippen LogP contribution is 2.01. The Morgan fingerprint density at radius 1 is 1.31 bits per heavy atom. The van der Waals surface area contributed by atoms with E-state index in [1.807, 2.05) is 6.92 Å². The molecule has 0 unspecified atom stereocenters. The number of hydrogen-bond acceptors (Lipinski definition) is 1. The van der Waals surface area contributed by atoms with Gasteiger partial charge in [-0.3, -0.25) is 0 Å². The van der Waals surface area contributed by atoms with Gasteiger partial charge in [-0.2, -0.15) is 0 Å². The second-order valence-electron chi connectivity index (χ2n) is 3.24. The molecule has 0 aromatic rings. The molecule has 0 atom stereocenters. The molecule has 0 saturated carbocycles. The van der Waals surface area contributed by atoms with Crippen LogP contribution in [0.4, 0.5) is 4.79 Å². The largest absolute Gasteiger partial charge is 0.351 e. The smallest absolute Gasteiger partial charge is 0.314 e. The third kappa shape index (κ3) is 6.43. The van der Waals surface area contributed by atoms with Gasteiger partial charge >= 0.3 is 6.03 Å². The molecule has 3 nitrogen and oxygen atoms in total. The summed E-state index contributed by atoms with van der Waals surface area (Å²) in [5.74, 6) is 0. The van der Waals surface area contributed by atoms with Crippen LogP contribution in [0.2, 0.25) is 0 Å². The normalized spacial score (nSPS) is 10.0. The topological polar surface area (TPSA) is 46.3 Å². The SMILES string of the molecule is [CH2]CCCCCN(CCC)C(N)=O. The van der Waals surface area contributed by atoms with Crippen molar-refractivity contribution in [2.75, 3.05) is 13.1 Å². The van der Waals surface area contributed by atoms with Gasteiger partial charge in [0.1, 0.15) is 0 Å². The molecule has 77 valence electrons. The Bertz CT molecular complexity index is 137. The lowest BCUT2D eigenvalue weighted by Gasteiger charge is -2.19. The molecule has 0 aromatic carbocycles. The third-order valence-corrected chi connectivity index (χ3v) is 1.98. The molecule has 0 spiro atoms. The van der Waals surface area contributed by atoms with E-state index in [0.29, 0.717) is 0 Å². The molecule has 0 rings (SSSR count). The lowest BCUT2D eigenvalue weighted by Crippen LogP contribution is -2.36. The fourth-order valence-corrected chi connectivity index (χ4v) is 1.26. The van der Waals surface area contributed by atoms with Crippen LogP contribution in [-0.2, 0) is 0 Å². The Labute approximate surface area is 81.3 Å². The van der Waals surface area contributed by atoms with Crippen LogP contribution in [0.25, 0.3) is 0 Å². The Morgan fingerprint density at radius 2 is 2.00 bits per heavy atom. The number of hydrogen-bond donors (Lipinski definition) is 1. The molecular weight excluding hydrogens is 164 g/mol. The minimum atomic E-state index is -0.295.